The number of hydrogen-bond acceptors (Lipinski definition) is 5. The summed E-state index contributed by atoms with van der Waals surface area (Å²) in [7, 11) is 2.47. The maximum atomic E-state index is 13.0. The summed E-state index contributed by atoms with van der Waals surface area (Å²) in [6.45, 7) is -1.33. The number of rotatable bonds is 4. The van der Waals surface area contributed by atoms with Gasteiger partial charge in [-0.2, -0.15) is 13.2 Å². The molecule has 0 radical (unpaired) electrons. The Bertz CT molecular complexity index is 752. The van der Waals surface area contributed by atoms with Crippen LogP contribution in [0.1, 0.15) is 10.4 Å². The van der Waals surface area contributed by atoms with Gasteiger partial charge >= 0.3 is 24.1 Å². The van der Waals surface area contributed by atoms with Crippen molar-refractivity contribution in [2.45, 2.75) is 6.18 Å². The number of esters is 1. The number of ether oxygens (including phenoxy) is 2. The Kier molecular flexibility index (Phi) is 5.82. The van der Waals surface area contributed by atoms with Gasteiger partial charge in [0.25, 0.3) is 0 Å². The van der Waals surface area contributed by atoms with E-state index in [2.05, 4.69) is 10.1 Å². The van der Waals surface area contributed by atoms with E-state index in [1.54, 1.807) is 0 Å². The molecule has 11 heteroatoms. The number of halogens is 3. The highest BCUT2D eigenvalue weighted by Crippen LogP contribution is 2.38. The fraction of sp³-hybridized carbons (Fsp3) is 0.438. The van der Waals surface area contributed by atoms with Crippen LogP contribution in [-0.2, 0) is 9.53 Å². The molecule has 27 heavy (non-hydrogen) atoms. The van der Waals surface area contributed by atoms with Gasteiger partial charge in [-0.05, 0) is 12.1 Å². The van der Waals surface area contributed by atoms with Gasteiger partial charge in [0.2, 0.25) is 0 Å². The molecule has 8 nitrogen and oxygen atoms in total. The smallest absolute Gasteiger partial charge is 0.394 e. The molecule has 2 atom stereocenters. The number of carbonyl (C=O) groups is 3. The first-order valence-electron chi connectivity index (χ1n) is 7.70. The molecule has 2 rings (SSSR count). The number of nitrogens with zero attached hydrogens (tertiary/aromatic N) is 1. The third-order valence-electron chi connectivity index (χ3n) is 4.20. The molecule has 1 saturated heterocycles. The number of benzene rings is 1. The SMILES string of the molecule is COC(=O)c1ccc(NC(=O)N2C[C@@H](C(F)(F)F)[C@H](C(=O)O)C2)cc1OC. The molecule has 1 heterocycles. The minimum Gasteiger partial charge on any atom is -0.496 e. The Morgan fingerprint density at radius 2 is 1.89 bits per heavy atom. The van der Waals surface area contributed by atoms with E-state index in [4.69, 9.17) is 9.84 Å². The van der Waals surface area contributed by atoms with Crippen LogP contribution in [0.15, 0.2) is 18.2 Å². The number of likely N-dealkylation sites (tertiary alicyclic amines) is 1. The average molecular weight is 390 g/mol. The average Bonchev–Trinajstić information content (AvgIpc) is 3.07. The first-order valence-corrected chi connectivity index (χ1v) is 7.70. The maximum Gasteiger partial charge on any atom is 0.394 e. The summed E-state index contributed by atoms with van der Waals surface area (Å²) < 4.78 is 48.6. The van der Waals surface area contributed by atoms with Crippen LogP contribution in [0.25, 0.3) is 0 Å². The summed E-state index contributed by atoms with van der Waals surface area (Å²) in [5, 5.41) is 11.4. The van der Waals surface area contributed by atoms with Crippen LogP contribution < -0.4 is 10.1 Å². The normalized spacial score (nSPS) is 19.5. The van der Waals surface area contributed by atoms with E-state index in [-0.39, 0.29) is 17.0 Å². The maximum absolute atomic E-state index is 13.0. The predicted molar refractivity (Wildman–Crippen MR) is 85.6 cm³/mol. The van der Waals surface area contributed by atoms with Crippen LogP contribution in [0.2, 0.25) is 0 Å². The number of nitrogens with one attached hydrogen (secondary N) is 1. The molecule has 1 fully saturated rings. The number of carbonyl (C=O) groups excluding carboxylic acids is 2. The van der Waals surface area contributed by atoms with Gasteiger partial charge in [0.05, 0.1) is 26.1 Å². The zero-order chi connectivity index (χ0) is 20.4. The third-order valence-corrected chi connectivity index (χ3v) is 4.20. The molecule has 148 valence electrons. The first kappa shape index (κ1) is 20.3. The fourth-order valence-electron chi connectivity index (χ4n) is 2.80. The number of alkyl halides is 3. The predicted octanol–water partition coefficient (Wildman–Crippen LogP) is 2.21. The quantitative estimate of drug-likeness (QED) is 0.764. The summed E-state index contributed by atoms with van der Waals surface area (Å²) in [4.78, 5) is 35.7. The third kappa shape index (κ3) is 4.41. The van der Waals surface area contributed by atoms with Crippen molar-refractivity contribution in [3.05, 3.63) is 23.8 Å². The number of anilines is 1. The van der Waals surface area contributed by atoms with Crippen LogP contribution in [0.3, 0.4) is 0 Å². The number of carboxylic acids is 1. The van der Waals surface area contributed by atoms with Crippen LogP contribution in [0.4, 0.5) is 23.7 Å². The van der Waals surface area contributed by atoms with Crippen molar-refractivity contribution < 1.29 is 42.1 Å². The summed E-state index contributed by atoms with van der Waals surface area (Å²) in [6, 6.07) is 3.08. The topological polar surface area (TPSA) is 105 Å². The van der Waals surface area contributed by atoms with Gasteiger partial charge in [0.15, 0.2) is 0 Å². The summed E-state index contributed by atoms with van der Waals surface area (Å²) in [5.74, 6) is -6.06. The number of carboxylic acid groups (broad SMARTS) is 1. The molecule has 0 aliphatic carbocycles. The molecule has 0 spiro atoms. The summed E-state index contributed by atoms with van der Waals surface area (Å²) in [6.07, 6.45) is -4.73. The van der Waals surface area contributed by atoms with Crippen molar-refractivity contribution in [2.75, 3.05) is 32.6 Å². The molecular formula is C16H17F3N2O6. The molecule has 2 amide bonds. The van der Waals surface area contributed by atoms with Crippen LogP contribution in [0, 0.1) is 11.8 Å². The lowest BCUT2D eigenvalue weighted by Gasteiger charge is -2.19. The lowest BCUT2D eigenvalue weighted by Crippen LogP contribution is -2.35. The highest BCUT2D eigenvalue weighted by atomic mass is 19.4. The Morgan fingerprint density at radius 1 is 1.22 bits per heavy atom. The Labute approximate surface area is 151 Å². The molecule has 0 aromatic heterocycles. The van der Waals surface area contributed by atoms with Gasteiger partial charge in [-0.15, -0.1) is 0 Å². The second-order valence-electron chi connectivity index (χ2n) is 5.83. The number of hydrogen-bond donors (Lipinski definition) is 2. The second-order valence-corrected chi connectivity index (χ2v) is 5.83. The zero-order valence-corrected chi connectivity index (χ0v) is 14.4. The highest BCUT2D eigenvalue weighted by Gasteiger charge is 2.53. The molecule has 0 saturated carbocycles. The molecule has 1 aliphatic rings. The van der Waals surface area contributed by atoms with Crippen molar-refractivity contribution in [2.24, 2.45) is 11.8 Å². The molecule has 0 bridgehead atoms. The monoisotopic (exact) mass is 390 g/mol. The zero-order valence-electron chi connectivity index (χ0n) is 14.4. The molecule has 0 unspecified atom stereocenters. The van der Waals surface area contributed by atoms with Gasteiger partial charge in [0.1, 0.15) is 11.3 Å². The molecule has 1 aromatic rings. The van der Waals surface area contributed by atoms with Crippen molar-refractivity contribution in [3.8, 4) is 5.75 Å². The van der Waals surface area contributed by atoms with Crippen LogP contribution >= 0.6 is 0 Å². The lowest BCUT2D eigenvalue weighted by atomic mass is 9.96. The van der Waals surface area contributed by atoms with Crippen molar-refractivity contribution >= 4 is 23.7 Å². The van der Waals surface area contributed by atoms with Crippen LogP contribution in [0.5, 0.6) is 5.75 Å². The van der Waals surface area contributed by atoms with E-state index in [0.29, 0.717) is 0 Å². The Morgan fingerprint density at radius 3 is 2.37 bits per heavy atom. The molecule has 1 aromatic carbocycles. The largest absolute Gasteiger partial charge is 0.496 e. The minimum atomic E-state index is -4.73. The van der Waals surface area contributed by atoms with E-state index in [9.17, 15) is 27.6 Å². The van der Waals surface area contributed by atoms with E-state index < -0.39 is 49.1 Å². The van der Waals surface area contributed by atoms with Crippen molar-refractivity contribution in [1.82, 2.24) is 4.90 Å². The van der Waals surface area contributed by atoms with E-state index >= 15 is 0 Å². The number of aliphatic carboxylic acids is 1. The van der Waals surface area contributed by atoms with Crippen LogP contribution in [-0.4, -0.2) is 61.5 Å². The van der Waals surface area contributed by atoms with E-state index in [1.807, 2.05) is 0 Å². The Balaban J connectivity index is 2.15. The van der Waals surface area contributed by atoms with Gasteiger partial charge in [-0.3, -0.25) is 4.79 Å². The van der Waals surface area contributed by atoms with Gasteiger partial charge in [0, 0.05) is 24.8 Å². The second kappa shape index (κ2) is 7.72. The number of methoxy groups -OCH3 is 2. The van der Waals surface area contributed by atoms with E-state index in [1.165, 1.54) is 32.4 Å². The van der Waals surface area contributed by atoms with Gasteiger partial charge in [-0.25, -0.2) is 9.59 Å². The van der Waals surface area contributed by atoms with Gasteiger partial charge < -0.3 is 24.8 Å². The standard InChI is InChI=1S/C16H17F3N2O6/c1-26-12-5-8(3-4-9(12)14(24)27-2)20-15(25)21-6-10(13(22)23)11(7-21)16(17,18)19/h3-5,10-11H,6-7H2,1-2H3,(H,20,25)(H,22,23)/t10-,11-/m1/s1. The fourth-order valence-corrected chi connectivity index (χ4v) is 2.80. The highest BCUT2D eigenvalue weighted by molar-refractivity contribution is 5.95. The minimum absolute atomic E-state index is 0.0950. The lowest BCUT2D eigenvalue weighted by molar-refractivity contribution is -0.187. The summed E-state index contributed by atoms with van der Waals surface area (Å²) in [5.41, 5.74) is 0.258. The first-order chi connectivity index (χ1) is 12.6. The number of urea groups is 1. The summed E-state index contributed by atoms with van der Waals surface area (Å²) >= 11 is 0. The molecule has 2 N–H and O–H groups in total. The number of amides is 2. The molecule has 1 aliphatic heterocycles. The van der Waals surface area contributed by atoms with Crippen molar-refractivity contribution in [1.29, 1.82) is 0 Å². The van der Waals surface area contributed by atoms with Gasteiger partial charge in [-0.1, -0.05) is 0 Å². The Hall–Kier alpha value is -2.98. The van der Waals surface area contributed by atoms with Crippen molar-refractivity contribution in [3.63, 3.8) is 0 Å². The van der Waals surface area contributed by atoms with E-state index in [0.717, 1.165) is 4.90 Å². The molecular weight excluding hydrogens is 373 g/mol.